The monoisotopic (exact) mass is 506 g/mol. The molecule has 6 N–H and O–H groups in total. The van der Waals surface area contributed by atoms with E-state index < -0.39 is 38.1 Å². The smallest absolute Gasteiger partial charge is 0.269 e. The molecular formula is C20H29F3N6O2S2. The van der Waals surface area contributed by atoms with Crippen LogP contribution in [0.5, 0.6) is 0 Å². The maximum absolute atomic E-state index is 14.8. The lowest BCUT2D eigenvalue weighted by molar-refractivity contribution is 0.0798. The zero-order valence-corrected chi connectivity index (χ0v) is 19.9. The maximum Gasteiger partial charge on any atom is 0.269 e. The van der Waals surface area contributed by atoms with Gasteiger partial charge in [-0.3, -0.25) is 4.72 Å². The molecule has 1 aliphatic rings. The lowest BCUT2D eigenvalue weighted by atomic mass is 9.61. The predicted octanol–water partition coefficient (Wildman–Crippen LogP) is 3.43. The summed E-state index contributed by atoms with van der Waals surface area (Å²) in [7, 11) is -4.75. The number of aromatic nitrogens is 2. The van der Waals surface area contributed by atoms with Crippen LogP contribution in [0.15, 0.2) is 17.3 Å². The van der Waals surface area contributed by atoms with E-state index in [-0.39, 0.29) is 29.1 Å². The Kier molecular flexibility index (Phi) is 8.19. The van der Waals surface area contributed by atoms with E-state index in [0.29, 0.717) is 30.6 Å². The van der Waals surface area contributed by atoms with Crippen molar-refractivity contribution in [2.24, 2.45) is 22.8 Å². The van der Waals surface area contributed by atoms with Gasteiger partial charge in [0.05, 0.1) is 5.69 Å². The molecule has 0 amide bonds. The van der Waals surface area contributed by atoms with Crippen LogP contribution >= 0.6 is 11.5 Å². The third kappa shape index (κ3) is 5.76. The molecule has 8 nitrogen and oxygen atoms in total. The van der Waals surface area contributed by atoms with Gasteiger partial charge in [0.15, 0.2) is 16.5 Å². The van der Waals surface area contributed by atoms with Crippen LogP contribution in [0, 0.1) is 28.8 Å². The van der Waals surface area contributed by atoms with Crippen molar-refractivity contribution in [3.05, 3.63) is 29.8 Å². The van der Waals surface area contributed by atoms with Gasteiger partial charge in [-0.2, -0.15) is 4.37 Å². The van der Waals surface area contributed by atoms with E-state index in [2.05, 4.69) is 14.7 Å². The fraction of sp³-hybridized carbons (Fsp3) is 0.600. The van der Waals surface area contributed by atoms with Crippen LogP contribution in [0.2, 0.25) is 0 Å². The highest BCUT2D eigenvalue weighted by molar-refractivity contribution is 7.93. The Bertz CT molecular complexity index is 1050. The molecule has 184 valence electrons. The van der Waals surface area contributed by atoms with Crippen molar-refractivity contribution in [3.8, 4) is 0 Å². The SMILES string of the molecule is CC[C@@H](N)C(CNc1cc(F)c(S(=O)(=O)Nc2ncns2)c(F)c1F)CC1(CCN)CCC1. The number of nitrogens with zero attached hydrogens (tertiary/aromatic N) is 2. The van der Waals surface area contributed by atoms with Crippen molar-refractivity contribution in [1.29, 1.82) is 0 Å². The summed E-state index contributed by atoms with van der Waals surface area (Å²) in [6.07, 6.45) is 6.61. The Balaban J connectivity index is 1.80. The molecule has 1 aliphatic carbocycles. The van der Waals surface area contributed by atoms with Crippen molar-refractivity contribution in [2.45, 2.75) is 56.4 Å². The van der Waals surface area contributed by atoms with Crippen molar-refractivity contribution < 1.29 is 21.6 Å². The van der Waals surface area contributed by atoms with Gasteiger partial charge in [-0.05, 0) is 50.0 Å². The summed E-state index contributed by atoms with van der Waals surface area (Å²) in [6, 6.07) is 0.446. The Morgan fingerprint density at radius 2 is 2.00 bits per heavy atom. The molecule has 1 unspecified atom stereocenters. The van der Waals surface area contributed by atoms with Crippen LogP contribution < -0.4 is 21.5 Å². The number of nitrogens with two attached hydrogens (primary N) is 2. The summed E-state index contributed by atoms with van der Waals surface area (Å²) in [5.41, 5.74) is 11.7. The first kappa shape index (κ1) is 25.7. The van der Waals surface area contributed by atoms with Crippen molar-refractivity contribution in [2.75, 3.05) is 23.1 Å². The van der Waals surface area contributed by atoms with Gasteiger partial charge < -0.3 is 16.8 Å². The summed E-state index contributed by atoms with van der Waals surface area (Å²) in [6.45, 7) is 2.69. The van der Waals surface area contributed by atoms with Gasteiger partial charge in [0, 0.05) is 30.2 Å². The number of anilines is 2. The molecule has 1 aromatic heterocycles. The van der Waals surface area contributed by atoms with Gasteiger partial charge in [-0.1, -0.05) is 13.3 Å². The molecule has 0 spiro atoms. The van der Waals surface area contributed by atoms with Gasteiger partial charge in [-0.15, -0.1) is 0 Å². The number of benzene rings is 1. The van der Waals surface area contributed by atoms with E-state index in [4.69, 9.17) is 11.5 Å². The predicted molar refractivity (Wildman–Crippen MR) is 122 cm³/mol. The fourth-order valence-electron chi connectivity index (χ4n) is 4.38. The third-order valence-corrected chi connectivity index (χ3v) is 8.47. The average Bonchev–Trinajstić information content (AvgIpc) is 3.23. The highest BCUT2D eigenvalue weighted by Gasteiger charge is 2.39. The lowest BCUT2D eigenvalue weighted by Gasteiger charge is -2.45. The first-order chi connectivity index (χ1) is 15.6. The Morgan fingerprint density at radius 1 is 1.27 bits per heavy atom. The number of rotatable bonds is 12. The van der Waals surface area contributed by atoms with Gasteiger partial charge in [0.1, 0.15) is 12.1 Å². The minimum absolute atomic E-state index is 0.0742. The Hall–Kier alpha value is -1.96. The van der Waals surface area contributed by atoms with Gasteiger partial charge in [0.2, 0.25) is 5.13 Å². The van der Waals surface area contributed by atoms with Gasteiger partial charge in [0.25, 0.3) is 10.0 Å². The molecule has 0 radical (unpaired) electrons. The van der Waals surface area contributed by atoms with E-state index in [9.17, 15) is 21.6 Å². The topological polar surface area (TPSA) is 136 Å². The fourth-order valence-corrected chi connectivity index (χ4v) is 6.17. The maximum atomic E-state index is 14.8. The van der Waals surface area contributed by atoms with Crippen molar-refractivity contribution in [1.82, 2.24) is 9.36 Å². The number of hydrogen-bond donors (Lipinski definition) is 4. The zero-order chi connectivity index (χ0) is 24.2. The Morgan fingerprint density at radius 3 is 2.55 bits per heavy atom. The van der Waals surface area contributed by atoms with E-state index in [0.717, 1.165) is 38.4 Å². The van der Waals surface area contributed by atoms with Crippen molar-refractivity contribution in [3.63, 3.8) is 0 Å². The first-order valence-corrected chi connectivity index (χ1v) is 13.0. The van der Waals surface area contributed by atoms with Gasteiger partial charge >= 0.3 is 0 Å². The van der Waals surface area contributed by atoms with Crippen LogP contribution in [0.1, 0.15) is 45.4 Å². The highest BCUT2D eigenvalue weighted by Crippen LogP contribution is 2.49. The summed E-state index contributed by atoms with van der Waals surface area (Å²) < 4.78 is 74.4. The summed E-state index contributed by atoms with van der Waals surface area (Å²) in [5.74, 6) is -4.80. The molecule has 0 aliphatic heterocycles. The molecule has 0 bridgehead atoms. The van der Waals surface area contributed by atoms with Crippen LogP contribution in [-0.2, 0) is 10.0 Å². The second-order valence-electron chi connectivity index (χ2n) is 8.52. The lowest BCUT2D eigenvalue weighted by Crippen LogP contribution is -2.42. The van der Waals surface area contributed by atoms with Crippen LogP contribution in [-0.4, -0.2) is 36.9 Å². The number of sulfonamides is 1. The number of halogens is 3. The average molecular weight is 507 g/mol. The summed E-state index contributed by atoms with van der Waals surface area (Å²) in [5, 5.41) is 2.55. The molecule has 2 atom stereocenters. The minimum Gasteiger partial charge on any atom is -0.382 e. The molecule has 1 aromatic carbocycles. The number of nitrogens with one attached hydrogen (secondary N) is 2. The summed E-state index contributed by atoms with van der Waals surface area (Å²) in [4.78, 5) is 2.18. The molecule has 33 heavy (non-hydrogen) atoms. The second kappa shape index (κ2) is 10.5. The molecule has 1 saturated carbocycles. The summed E-state index contributed by atoms with van der Waals surface area (Å²) >= 11 is 0.672. The highest BCUT2D eigenvalue weighted by atomic mass is 32.2. The standard InChI is InChI=1S/C20H29F3N6O2S2/c1-2-14(25)12(9-20(6-7-24)4-3-5-20)10-26-15-8-13(21)18(17(23)16(15)22)33(30,31)29-19-27-11-28-32-19/h8,11-12,14,26H,2-7,9-10,24-25H2,1H3,(H,27,28,29)/t12?,14-/m1/s1. The largest absolute Gasteiger partial charge is 0.382 e. The number of hydrogen-bond acceptors (Lipinski definition) is 8. The normalized spacial score (nSPS) is 17.3. The van der Waals surface area contributed by atoms with Gasteiger partial charge in [-0.25, -0.2) is 26.6 Å². The minimum atomic E-state index is -4.75. The third-order valence-electron chi connectivity index (χ3n) is 6.38. The van der Waals surface area contributed by atoms with E-state index in [1.807, 2.05) is 11.6 Å². The van der Waals surface area contributed by atoms with Crippen LogP contribution in [0.25, 0.3) is 0 Å². The van der Waals surface area contributed by atoms with Crippen LogP contribution in [0.3, 0.4) is 0 Å². The Labute approximate surface area is 195 Å². The van der Waals surface area contributed by atoms with E-state index in [1.165, 1.54) is 0 Å². The molecule has 3 rings (SSSR count). The quantitative estimate of drug-likeness (QED) is 0.324. The van der Waals surface area contributed by atoms with E-state index in [1.54, 1.807) is 0 Å². The molecule has 2 aromatic rings. The second-order valence-corrected chi connectivity index (χ2v) is 10.9. The molecule has 0 saturated heterocycles. The molecule has 1 heterocycles. The van der Waals surface area contributed by atoms with Crippen molar-refractivity contribution >= 4 is 32.4 Å². The first-order valence-electron chi connectivity index (χ1n) is 10.8. The van der Waals surface area contributed by atoms with Crippen LogP contribution in [0.4, 0.5) is 24.0 Å². The zero-order valence-electron chi connectivity index (χ0n) is 18.3. The molecule has 1 fully saturated rings. The molecular weight excluding hydrogens is 477 g/mol. The molecule has 13 heteroatoms. The van der Waals surface area contributed by atoms with E-state index >= 15 is 0 Å².